The van der Waals surface area contributed by atoms with Crippen LogP contribution in [0.2, 0.25) is 0 Å². The van der Waals surface area contributed by atoms with E-state index >= 15 is 0 Å². The molecule has 0 bridgehead atoms. The van der Waals surface area contributed by atoms with Gasteiger partial charge in [-0.3, -0.25) is 9.59 Å². The third-order valence-corrected chi connectivity index (χ3v) is 5.34. The first-order valence-corrected chi connectivity index (χ1v) is 10.7. The van der Waals surface area contributed by atoms with Gasteiger partial charge in [-0.2, -0.15) is 0 Å². The summed E-state index contributed by atoms with van der Waals surface area (Å²) in [5.74, 6) is -2.34. The highest BCUT2D eigenvalue weighted by Gasteiger charge is 2.24. The van der Waals surface area contributed by atoms with Gasteiger partial charge in [0, 0.05) is 29.1 Å². The Balaban J connectivity index is 1.58. The molecule has 7 heteroatoms. The zero-order valence-corrected chi connectivity index (χ0v) is 18.2. The Hall–Kier alpha value is -4.65. The molecule has 4 aromatic rings. The van der Waals surface area contributed by atoms with Gasteiger partial charge in [0.15, 0.2) is 0 Å². The van der Waals surface area contributed by atoms with Crippen molar-refractivity contribution in [3.63, 3.8) is 0 Å². The maximum Gasteiger partial charge on any atom is 0.326 e. The van der Waals surface area contributed by atoms with Gasteiger partial charge in [-0.1, -0.05) is 66.7 Å². The van der Waals surface area contributed by atoms with E-state index in [0.717, 1.165) is 16.5 Å². The van der Waals surface area contributed by atoms with E-state index in [9.17, 15) is 19.5 Å². The highest BCUT2D eigenvalue weighted by molar-refractivity contribution is 6.06. The molecule has 1 aromatic heterocycles. The molecule has 0 unspecified atom stereocenters. The van der Waals surface area contributed by atoms with Crippen molar-refractivity contribution in [1.29, 1.82) is 0 Å². The highest BCUT2D eigenvalue weighted by atomic mass is 16.4. The minimum Gasteiger partial charge on any atom is -0.480 e. The second kappa shape index (κ2) is 10.3. The molecule has 0 saturated heterocycles. The number of carboxylic acid groups (broad SMARTS) is 1. The number of aromatic amines is 1. The van der Waals surface area contributed by atoms with Crippen LogP contribution < -0.4 is 10.6 Å². The van der Waals surface area contributed by atoms with E-state index in [1.165, 1.54) is 6.08 Å². The van der Waals surface area contributed by atoms with Crippen LogP contribution in [0.4, 0.5) is 0 Å². The summed E-state index contributed by atoms with van der Waals surface area (Å²) in [6.07, 6.45) is 3.34. The molecule has 3 aromatic carbocycles. The molecular weight excluding hydrogens is 430 g/mol. The summed E-state index contributed by atoms with van der Waals surface area (Å²) in [4.78, 5) is 41.0. The molecule has 0 aliphatic carbocycles. The van der Waals surface area contributed by atoms with E-state index < -0.39 is 23.8 Å². The number of carbonyl (C=O) groups is 3. The monoisotopic (exact) mass is 453 g/mol. The van der Waals surface area contributed by atoms with E-state index in [1.807, 2.05) is 30.3 Å². The van der Waals surface area contributed by atoms with Crippen LogP contribution in [0.1, 0.15) is 21.5 Å². The van der Waals surface area contributed by atoms with Crippen molar-refractivity contribution >= 4 is 34.8 Å². The lowest BCUT2D eigenvalue weighted by atomic mass is 10.0. The van der Waals surface area contributed by atoms with E-state index in [4.69, 9.17) is 0 Å². The quantitative estimate of drug-likeness (QED) is 0.305. The largest absolute Gasteiger partial charge is 0.480 e. The Morgan fingerprint density at radius 3 is 2.24 bits per heavy atom. The number of carboxylic acids is 1. The van der Waals surface area contributed by atoms with Crippen LogP contribution >= 0.6 is 0 Å². The number of aliphatic carboxylic acids is 1. The van der Waals surface area contributed by atoms with E-state index in [0.29, 0.717) is 11.1 Å². The predicted octanol–water partition coefficient (Wildman–Crippen LogP) is 3.75. The van der Waals surface area contributed by atoms with Crippen LogP contribution in [0.25, 0.3) is 17.0 Å². The van der Waals surface area contributed by atoms with Gasteiger partial charge in [-0.25, -0.2) is 4.79 Å². The Labute approximate surface area is 196 Å². The standard InChI is InChI=1S/C27H23N3O4/c31-25(19-11-5-2-6-12-19)29-23(15-18-9-3-1-4-10-18)26(32)30-24(27(33)34)16-20-17-28-22-14-8-7-13-21(20)22/h1-15,17,24,28H,16H2,(H,29,31)(H,30,32)(H,33,34)/b23-15-/t24-/m0/s1. The number of H-pyrrole nitrogens is 1. The lowest BCUT2D eigenvalue weighted by Gasteiger charge is -2.17. The van der Waals surface area contributed by atoms with Crippen molar-refractivity contribution in [2.24, 2.45) is 0 Å². The predicted molar refractivity (Wildman–Crippen MR) is 130 cm³/mol. The minimum atomic E-state index is -1.19. The summed E-state index contributed by atoms with van der Waals surface area (Å²) < 4.78 is 0. The van der Waals surface area contributed by atoms with Gasteiger partial charge in [-0.15, -0.1) is 0 Å². The first-order valence-electron chi connectivity index (χ1n) is 10.7. The summed E-state index contributed by atoms with van der Waals surface area (Å²) in [5, 5.41) is 15.9. The SMILES string of the molecule is O=C(N[C@@H](Cc1c[nH]c2ccccc12)C(=O)O)/C(=C/c1ccccc1)NC(=O)c1ccccc1. The molecule has 4 rings (SSSR count). The van der Waals surface area contributed by atoms with Crippen LogP contribution in [-0.2, 0) is 16.0 Å². The molecular formula is C27H23N3O4. The molecule has 0 spiro atoms. The van der Waals surface area contributed by atoms with Crippen LogP contribution in [0.5, 0.6) is 0 Å². The number of benzene rings is 3. The van der Waals surface area contributed by atoms with Gasteiger partial charge in [-0.05, 0) is 35.4 Å². The zero-order valence-electron chi connectivity index (χ0n) is 18.2. The molecule has 7 nitrogen and oxygen atoms in total. The molecule has 1 heterocycles. The zero-order chi connectivity index (χ0) is 23.9. The number of aromatic nitrogens is 1. The van der Waals surface area contributed by atoms with Crippen LogP contribution in [0.3, 0.4) is 0 Å². The Morgan fingerprint density at radius 2 is 1.53 bits per heavy atom. The summed E-state index contributed by atoms with van der Waals surface area (Å²) >= 11 is 0. The number of hydrogen-bond acceptors (Lipinski definition) is 3. The van der Waals surface area contributed by atoms with E-state index in [-0.39, 0.29) is 12.1 Å². The van der Waals surface area contributed by atoms with Crippen molar-refractivity contribution < 1.29 is 19.5 Å². The average molecular weight is 453 g/mol. The van der Waals surface area contributed by atoms with Crippen molar-refractivity contribution in [3.8, 4) is 0 Å². The fourth-order valence-corrected chi connectivity index (χ4v) is 3.61. The lowest BCUT2D eigenvalue weighted by Crippen LogP contribution is -2.45. The first kappa shape index (κ1) is 22.5. The fourth-order valence-electron chi connectivity index (χ4n) is 3.61. The average Bonchev–Trinajstić information content (AvgIpc) is 3.27. The Bertz CT molecular complexity index is 1340. The van der Waals surface area contributed by atoms with Gasteiger partial charge >= 0.3 is 5.97 Å². The van der Waals surface area contributed by atoms with Crippen molar-refractivity contribution in [1.82, 2.24) is 15.6 Å². The number of fused-ring (bicyclic) bond motifs is 1. The molecule has 1 atom stereocenters. The molecule has 0 aliphatic heterocycles. The van der Waals surface area contributed by atoms with Gasteiger partial charge < -0.3 is 20.7 Å². The van der Waals surface area contributed by atoms with Crippen LogP contribution in [0.15, 0.2) is 96.8 Å². The van der Waals surface area contributed by atoms with Crippen molar-refractivity contribution in [2.45, 2.75) is 12.5 Å². The minimum absolute atomic E-state index is 0.0507. The Kier molecular flexibility index (Phi) is 6.84. The van der Waals surface area contributed by atoms with Gasteiger partial charge in [0.2, 0.25) is 0 Å². The number of hydrogen-bond donors (Lipinski definition) is 4. The molecule has 0 fully saturated rings. The number of para-hydroxylation sites is 1. The molecule has 2 amide bonds. The molecule has 170 valence electrons. The molecule has 34 heavy (non-hydrogen) atoms. The molecule has 0 aliphatic rings. The van der Waals surface area contributed by atoms with E-state index in [1.54, 1.807) is 60.8 Å². The summed E-state index contributed by atoms with van der Waals surface area (Å²) in [6, 6.07) is 23.8. The second-order valence-corrected chi connectivity index (χ2v) is 7.72. The summed E-state index contributed by atoms with van der Waals surface area (Å²) in [6.45, 7) is 0. The maximum absolute atomic E-state index is 13.2. The smallest absolute Gasteiger partial charge is 0.326 e. The van der Waals surface area contributed by atoms with Crippen LogP contribution in [0, 0.1) is 0 Å². The van der Waals surface area contributed by atoms with Crippen molar-refractivity contribution in [2.75, 3.05) is 0 Å². The van der Waals surface area contributed by atoms with Gasteiger partial charge in [0.25, 0.3) is 11.8 Å². The third kappa shape index (κ3) is 5.39. The lowest BCUT2D eigenvalue weighted by molar-refractivity contribution is -0.141. The first-order chi connectivity index (χ1) is 16.5. The molecule has 4 N–H and O–H groups in total. The second-order valence-electron chi connectivity index (χ2n) is 7.72. The number of nitrogens with one attached hydrogen (secondary N) is 3. The number of amides is 2. The topological polar surface area (TPSA) is 111 Å². The molecule has 0 saturated carbocycles. The summed E-state index contributed by atoms with van der Waals surface area (Å²) in [5.41, 5.74) is 2.66. The molecule has 0 radical (unpaired) electrons. The normalized spacial score (nSPS) is 12.2. The van der Waals surface area contributed by atoms with E-state index in [2.05, 4.69) is 15.6 Å². The summed E-state index contributed by atoms with van der Waals surface area (Å²) in [7, 11) is 0. The van der Waals surface area contributed by atoms with Crippen LogP contribution in [-0.4, -0.2) is 33.9 Å². The number of rotatable bonds is 8. The Morgan fingerprint density at radius 1 is 0.882 bits per heavy atom. The fraction of sp³-hybridized carbons (Fsp3) is 0.0741. The van der Waals surface area contributed by atoms with Crippen molar-refractivity contribution in [3.05, 3.63) is 114 Å². The highest BCUT2D eigenvalue weighted by Crippen LogP contribution is 2.19. The van der Waals surface area contributed by atoms with Gasteiger partial charge in [0.05, 0.1) is 0 Å². The third-order valence-electron chi connectivity index (χ3n) is 5.34. The van der Waals surface area contributed by atoms with Gasteiger partial charge in [0.1, 0.15) is 11.7 Å². The number of carbonyl (C=O) groups excluding carboxylic acids is 2. The maximum atomic E-state index is 13.2.